The molecule has 4 nitrogen and oxygen atoms in total. The molecule has 94 valence electrons. The van der Waals surface area contributed by atoms with E-state index in [1.807, 2.05) is 0 Å². The maximum Gasteiger partial charge on any atom is 0.240 e. The van der Waals surface area contributed by atoms with Crippen molar-refractivity contribution in [2.45, 2.75) is 31.6 Å². The highest BCUT2D eigenvalue weighted by atomic mass is 32.2. The second-order valence-corrected chi connectivity index (χ2v) is 5.61. The van der Waals surface area contributed by atoms with Crippen LogP contribution in [0.2, 0.25) is 0 Å². The number of hydrogen-bond donors (Lipinski definition) is 1. The van der Waals surface area contributed by atoms with E-state index in [0.717, 1.165) is 0 Å². The summed E-state index contributed by atoms with van der Waals surface area (Å²) in [5.41, 5.74) is 0.543. The van der Waals surface area contributed by atoms with E-state index in [1.54, 1.807) is 32.0 Å². The molecule has 0 spiro atoms. The zero-order chi connectivity index (χ0) is 13.1. The summed E-state index contributed by atoms with van der Waals surface area (Å²) in [7, 11) is -3.52. The minimum atomic E-state index is -3.52. The molecule has 1 unspecified atom stereocenters. The SMILES string of the molecule is CCNS(=O)(=O)c1ccccc1C(C)C(C)=O. The van der Waals surface area contributed by atoms with Gasteiger partial charge in [-0.05, 0) is 18.6 Å². The number of carbonyl (C=O) groups excluding carboxylic acids is 1. The lowest BCUT2D eigenvalue weighted by Gasteiger charge is -2.14. The summed E-state index contributed by atoms with van der Waals surface area (Å²) in [5.74, 6) is -0.469. The minimum Gasteiger partial charge on any atom is -0.299 e. The van der Waals surface area contributed by atoms with Gasteiger partial charge >= 0.3 is 0 Å². The third kappa shape index (κ3) is 3.14. The molecule has 0 aromatic heterocycles. The summed E-state index contributed by atoms with van der Waals surface area (Å²) < 4.78 is 26.3. The van der Waals surface area contributed by atoms with Crippen molar-refractivity contribution >= 4 is 15.8 Å². The van der Waals surface area contributed by atoms with E-state index in [-0.39, 0.29) is 10.7 Å². The van der Waals surface area contributed by atoms with Crippen LogP contribution >= 0.6 is 0 Å². The molecule has 0 saturated heterocycles. The Balaban J connectivity index is 3.31. The molecule has 0 bridgehead atoms. The highest BCUT2D eigenvalue weighted by Gasteiger charge is 2.22. The van der Waals surface area contributed by atoms with Gasteiger partial charge in [0.15, 0.2) is 0 Å². The van der Waals surface area contributed by atoms with Gasteiger partial charge in [-0.3, -0.25) is 4.79 Å². The van der Waals surface area contributed by atoms with E-state index in [2.05, 4.69) is 4.72 Å². The van der Waals surface area contributed by atoms with Crippen LogP contribution in [0.15, 0.2) is 29.2 Å². The van der Waals surface area contributed by atoms with Crippen molar-refractivity contribution in [3.8, 4) is 0 Å². The first kappa shape index (κ1) is 13.9. The zero-order valence-electron chi connectivity index (χ0n) is 10.2. The lowest BCUT2D eigenvalue weighted by molar-refractivity contribution is -0.118. The van der Waals surface area contributed by atoms with Crippen LogP contribution in [0.4, 0.5) is 0 Å². The molecular weight excluding hydrogens is 238 g/mol. The van der Waals surface area contributed by atoms with Gasteiger partial charge < -0.3 is 0 Å². The first-order chi connectivity index (χ1) is 7.90. The molecule has 5 heteroatoms. The van der Waals surface area contributed by atoms with Crippen LogP contribution < -0.4 is 4.72 Å². The lowest BCUT2D eigenvalue weighted by Crippen LogP contribution is -2.25. The van der Waals surface area contributed by atoms with Crippen molar-refractivity contribution in [3.05, 3.63) is 29.8 Å². The Morgan fingerprint density at radius 1 is 1.35 bits per heavy atom. The van der Waals surface area contributed by atoms with Crippen molar-refractivity contribution < 1.29 is 13.2 Å². The molecule has 0 amide bonds. The summed E-state index contributed by atoms with van der Waals surface area (Å²) in [6, 6.07) is 6.59. The zero-order valence-corrected chi connectivity index (χ0v) is 11.0. The fourth-order valence-corrected chi connectivity index (χ4v) is 2.92. The molecule has 0 heterocycles. The van der Waals surface area contributed by atoms with Gasteiger partial charge in [-0.25, -0.2) is 13.1 Å². The standard InChI is InChI=1S/C12H17NO3S/c1-4-13-17(15,16)12-8-6-5-7-11(12)9(2)10(3)14/h5-9,13H,4H2,1-3H3. The van der Waals surface area contributed by atoms with Crippen LogP contribution in [0.5, 0.6) is 0 Å². The first-order valence-corrected chi connectivity index (χ1v) is 6.97. The number of hydrogen-bond acceptors (Lipinski definition) is 3. The third-order valence-electron chi connectivity index (χ3n) is 2.62. The molecule has 0 fully saturated rings. The number of ketones is 1. The van der Waals surface area contributed by atoms with Crippen molar-refractivity contribution in [2.75, 3.05) is 6.54 Å². The lowest BCUT2D eigenvalue weighted by atomic mass is 9.98. The second-order valence-electron chi connectivity index (χ2n) is 3.87. The first-order valence-electron chi connectivity index (χ1n) is 5.49. The minimum absolute atomic E-state index is 0.0517. The maximum absolute atomic E-state index is 12.0. The van der Waals surface area contributed by atoms with Crippen LogP contribution in [-0.4, -0.2) is 20.7 Å². The number of rotatable bonds is 5. The van der Waals surface area contributed by atoms with Gasteiger partial charge in [0.1, 0.15) is 5.78 Å². The summed E-state index contributed by atoms with van der Waals surface area (Å²) >= 11 is 0. The van der Waals surface area contributed by atoms with Gasteiger partial charge in [0, 0.05) is 12.5 Å². The average Bonchev–Trinajstić information content (AvgIpc) is 2.28. The van der Waals surface area contributed by atoms with E-state index in [1.165, 1.54) is 13.0 Å². The molecule has 1 aromatic carbocycles. The fraction of sp³-hybridized carbons (Fsp3) is 0.417. The van der Waals surface area contributed by atoms with Crippen LogP contribution in [0.25, 0.3) is 0 Å². The summed E-state index contributed by atoms with van der Waals surface area (Å²) in [6.07, 6.45) is 0. The molecule has 1 rings (SSSR count). The Morgan fingerprint density at radius 3 is 2.47 bits per heavy atom. The third-order valence-corrected chi connectivity index (χ3v) is 4.24. The molecule has 1 aromatic rings. The molecule has 0 aliphatic heterocycles. The Kier molecular flexibility index (Phi) is 4.42. The highest BCUT2D eigenvalue weighted by molar-refractivity contribution is 7.89. The number of benzene rings is 1. The number of Topliss-reactive ketones (excluding diaryl/α,β-unsaturated/α-hetero) is 1. The number of sulfonamides is 1. The van der Waals surface area contributed by atoms with E-state index in [9.17, 15) is 13.2 Å². The molecule has 1 atom stereocenters. The van der Waals surface area contributed by atoms with E-state index < -0.39 is 15.9 Å². The van der Waals surface area contributed by atoms with E-state index >= 15 is 0 Å². The topological polar surface area (TPSA) is 63.2 Å². The normalized spacial score (nSPS) is 13.4. The Bertz CT molecular complexity index is 508. The van der Waals surface area contributed by atoms with Crippen molar-refractivity contribution in [2.24, 2.45) is 0 Å². The van der Waals surface area contributed by atoms with Gasteiger partial charge in [-0.15, -0.1) is 0 Å². The fourth-order valence-electron chi connectivity index (χ4n) is 1.57. The molecule has 0 aliphatic rings. The van der Waals surface area contributed by atoms with Crippen LogP contribution in [-0.2, 0) is 14.8 Å². The van der Waals surface area contributed by atoms with Crippen LogP contribution in [0, 0.1) is 0 Å². The van der Waals surface area contributed by atoms with Crippen LogP contribution in [0.1, 0.15) is 32.3 Å². The smallest absolute Gasteiger partial charge is 0.240 e. The maximum atomic E-state index is 12.0. The van der Waals surface area contributed by atoms with Crippen LogP contribution in [0.3, 0.4) is 0 Å². The predicted molar refractivity (Wildman–Crippen MR) is 66.4 cm³/mol. The largest absolute Gasteiger partial charge is 0.299 e. The van der Waals surface area contributed by atoms with Crippen molar-refractivity contribution in [1.82, 2.24) is 4.72 Å². The van der Waals surface area contributed by atoms with Gasteiger partial charge in [0.05, 0.1) is 4.90 Å². The summed E-state index contributed by atoms with van der Waals surface area (Å²) in [4.78, 5) is 11.6. The molecule has 17 heavy (non-hydrogen) atoms. The van der Waals surface area contributed by atoms with E-state index in [0.29, 0.717) is 12.1 Å². The Hall–Kier alpha value is -1.20. The highest BCUT2D eigenvalue weighted by Crippen LogP contribution is 2.24. The van der Waals surface area contributed by atoms with Crippen molar-refractivity contribution in [3.63, 3.8) is 0 Å². The Morgan fingerprint density at radius 2 is 1.94 bits per heavy atom. The summed E-state index contributed by atoms with van der Waals surface area (Å²) in [5, 5.41) is 0. The predicted octanol–water partition coefficient (Wildman–Crippen LogP) is 1.68. The van der Waals surface area contributed by atoms with Gasteiger partial charge in [0.2, 0.25) is 10.0 Å². The molecule has 0 aliphatic carbocycles. The molecule has 1 N–H and O–H groups in total. The van der Waals surface area contributed by atoms with Gasteiger partial charge in [-0.1, -0.05) is 32.0 Å². The molecular formula is C12H17NO3S. The number of nitrogens with one attached hydrogen (secondary N) is 1. The van der Waals surface area contributed by atoms with Gasteiger partial charge in [-0.2, -0.15) is 0 Å². The summed E-state index contributed by atoms with van der Waals surface area (Å²) in [6.45, 7) is 5.21. The second kappa shape index (κ2) is 5.42. The monoisotopic (exact) mass is 255 g/mol. The molecule has 0 saturated carbocycles. The Labute approximate surface area is 102 Å². The number of carbonyl (C=O) groups is 1. The van der Waals surface area contributed by atoms with E-state index in [4.69, 9.17) is 0 Å². The quantitative estimate of drug-likeness (QED) is 0.870. The van der Waals surface area contributed by atoms with Gasteiger partial charge in [0.25, 0.3) is 0 Å². The van der Waals surface area contributed by atoms with Crippen molar-refractivity contribution in [1.29, 1.82) is 0 Å². The molecule has 0 radical (unpaired) electrons. The average molecular weight is 255 g/mol.